The molecule has 0 aliphatic carbocycles. The van der Waals surface area contributed by atoms with Crippen molar-refractivity contribution >= 4 is 11.9 Å². The molecule has 0 atom stereocenters. The summed E-state index contributed by atoms with van der Waals surface area (Å²) in [4.78, 5) is 23.2. The zero-order chi connectivity index (χ0) is 20.4. The van der Waals surface area contributed by atoms with Crippen LogP contribution in [0.2, 0.25) is 0 Å². The number of carboxylic acid groups (broad SMARTS) is 1. The quantitative estimate of drug-likeness (QED) is 0.742. The standard InChI is InChI=1S/C16H16F4N4O3/c1-15(2,14(26)27)7-8-21-13(25)11-12(16(18,19)20)24(23-22-11)10-6-4-3-5-9(10)17/h3-6H,7-8H2,1-2H3,(H,21,25)(H,26,27). The number of halogens is 4. The van der Waals surface area contributed by atoms with Gasteiger partial charge in [-0.3, -0.25) is 9.59 Å². The van der Waals surface area contributed by atoms with Gasteiger partial charge in [0.2, 0.25) is 0 Å². The molecule has 0 spiro atoms. The SMILES string of the molecule is CC(C)(CCNC(=O)c1nnn(-c2ccccc2F)c1C(F)(F)F)C(=O)O. The number of nitrogens with one attached hydrogen (secondary N) is 1. The maximum atomic E-state index is 13.9. The van der Waals surface area contributed by atoms with Gasteiger partial charge in [-0.1, -0.05) is 17.3 Å². The molecule has 1 heterocycles. The number of benzene rings is 1. The highest BCUT2D eigenvalue weighted by molar-refractivity contribution is 5.93. The van der Waals surface area contributed by atoms with Crippen molar-refractivity contribution in [2.24, 2.45) is 5.41 Å². The lowest BCUT2D eigenvalue weighted by Gasteiger charge is -2.18. The van der Waals surface area contributed by atoms with Gasteiger partial charge in [0.25, 0.3) is 5.91 Å². The van der Waals surface area contributed by atoms with Gasteiger partial charge in [0.05, 0.1) is 5.41 Å². The van der Waals surface area contributed by atoms with E-state index in [0.29, 0.717) is 0 Å². The van der Waals surface area contributed by atoms with E-state index in [1.807, 2.05) is 0 Å². The average molecular weight is 388 g/mol. The second-order valence-electron chi connectivity index (χ2n) is 6.34. The van der Waals surface area contributed by atoms with Crippen molar-refractivity contribution in [1.29, 1.82) is 0 Å². The van der Waals surface area contributed by atoms with Crippen LogP contribution in [0.15, 0.2) is 24.3 Å². The summed E-state index contributed by atoms with van der Waals surface area (Å²) in [7, 11) is 0. The fourth-order valence-corrected chi connectivity index (χ4v) is 2.16. The molecule has 1 aromatic heterocycles. The zero-order valence-corrected chi connectivity index (χ0v) is 14.3. The summed E-state index contributed by atoms with van der Waals surface area (Å²) in [5.74, 6) is -3.27. The summed E-state index contributed by atoms with van der Waals surface area (Å²) in [5.41, 5.74) is -4.24. The van der Waals surface area contributed by atoms with Gasteiger partial charge in [0.1, 0.15) is 11.5 Å². The van der Waals surface area contributed by atoms with Crippen LogP contribution in [0.4, 0.5) is 17.6 Å². The summed E-state index contributed by atoms with van der Waals surface area (Å²) in [6, 6.07) is 4.62. The molecule has 0 unspecified atom stereocenters. The van der Waals surface area contributed by atoms with Gasteiger partial charge in [0.15, 0.2) is 11.4 Å². The smallest absolute Gasteiger partial charge is 0.435 e. The van der Waals surface area contributed by atoms with E-state index in [1.165, 1.54) is 26.0 Å². The van der Waals surface area contributed by atoms with E-state index in [1.54, 1.807) is 0 Å². The Labute approximate surface area is 151 Å². The van der Waals surface area contributed by atoms with Gasteiger partial charge in [-0.2, -0.15) is 13.2 Å². The predicted molar refractivity (Wildman–Crippen MR) is 84.7 cm³/mol. The van der Waals surface area contributed by atoms with Crippen LogP contribution in [0.1, 0.15) is 36.5 Å². The van der Waals surface area contributed by atoms with E-state index in [2.05, 4.69) is 15.6 Å². The van der Waals surface area contributed by atoms with E-state index in [9.17, 15) is 27.2 Å². The Balaban J connectivity index is 2.31. The maximum absolute atomic E-state index is 13.9. The number of hydrogen-bond donors (Lipinski definition) is 2. The summed E-state index contributed by atoms with van der Waals surface area (Å²) in [6.07, 6.45) is -5.05. The Kier molecular flexibility index (Phi) is 5.52. The molecule has 0 saturated heterocycles. The van der Waals surface area contributed by atoms with Crippen molar-refractivity contribution in [3.05, 3.63) is 41.5 Å². The molecule has 0 saturated carbocycles. The average Bonchev–Trinajstić information content (AvgIpc) is 3.00. The predicted octanol–water partition coefficient (Wildman–Crippen LogP) is 2.66. The van der Waals surface area contributed by atoms with Crippen LogP contribution in [0.5, 0.6) is 0 Å². The first-order valence-electron chi connectivity index (χ1n) is 7.74. The highest BCUT2D eigenvalue weighted by Crippen LogP contribution is 2.33. The van der Waals surface area contributed by atoms with Gasteiger partial charge in [-0.05, 0) is 32.4 Å². The number of carbonyl (C=O) groups is 2. The molecule has 0 aliphatic rings. The molecule has 0 aliphatic heterocycles. The highest BCUT2D eigenvalue weighted by Gasteiger charge is 2.42. The highest BCUT2D eigenvalue weighted by atomic mass is 19.4. The molecule has 1 amide bonds. The fraction of sp³-hybridized carbons (Fsp3) is 0.375. The minimum atomic E-state index is -5.03. The lowest BCUT2D eigenvalue weighted by Crippen LogP contribution is -2.33. The molecule has 1 aromatic carbocycles. The first-order chi connectivity index (χ1) is 12.4. The Hall–Kier alpha value is -2.98. The molecule has 2 rings (SSSR count). The fourth-order valence-electron chi connectivity index (χ4n) is 2.16. The Morgan fingerprint density at radius 1 is 1.22 bits per heavy atom. The lowest BCUT2D eigenvalue weighted by atomic mass is 9.90. The third-order valence-electron chi connectivity index (χ3n) is 3.85. The van der Waals surface area contributed by atoms with Gasteiger partial charge in [-0.15, -0.1) is 5.10 Å². The van der Waals surface area contributed by atoms with Gasteiger partial charge in [-0.25, -0.2) is 9.07 Å². The van der Waals surface area contributed by atoms with Crippen molar-refractivity contribution in [3.8, 4) is 5.69 Å². The van der Waals surface area contributed by atoms with Crippen molar-refractivity contribution < 1.29 is 32.3 Å². The van der Waals surface area contributed by atoms with Crippen LogP contribution in [0.25, 0.3) is 5.69 Å². The molecule has 27 heavy (non-hydrogen) atoms. The van der Waals surface area contributed by atoms with Crippen LogP contribution in [-0.2, 0) is 11.0 Å². The van der Waals surface area contributed by atoms with E-state index in [4.69, 9.17) is 5.11 Å². The zero-order valence-electron chi connectivity index (χ0n) is 14.3. The molecule has 0 radical (unpaired) electrons. The summed E-state index contributed by atoms with van der Waals surface area (Å²) in [6.45, 7) is 2.64. The number of carboxylic acids is 1. The number of rotatable bonds is 6. The number of amides is 1. The van der Waals surface area contributed by atoms with E-state index in [0.717, 1.165) is 12.1 Å². The van der Waals surface area contributed by atoms with Gasteiger partial charge < -0.3 is 10.4 Å². The summed E-state index contributed by atoms with van der Waals surface area (Å²) >= 11 is 0. The second kappa shape index (κ2) is 7.33. The first-order valence-corrected chi connectivity index (χ1v) is 7.74. The largest absolute Gasteiger partial charge is 0.481 e. The van der Waals surface area contributed by atoms with Crippen molar-refractivity contribution in [1.82, 2.24) is 20.3 Å². The van der Waals surface area contributed by atoms with Crippen LogP contribution in [-0.4, -0.2) is 38.5 Å². The number of aromatic nitrogens is 3. The molecule has 0 fully saturated rings. The molecule has 2 N–H and O–H groups in total. The number of aliphatic carboxylic acids is 1. The van der Waals surface area contributed by atoms with Crippen molar-refractivity contribution in [3.63, 3.8) is 0 Å². The lowest BCUT2D eigenvalue weighted by molar-refractivity contribution is -0.147. The number of alkyl halides is 3. The third kappa shape index (κ3) is 4.41. The molecular formula is C16H16F4N4O3. The van der Waals surface area contributed by atoms with Crippen LogP contribution < -0.4 is 5.32 Å². The van der Waals surface area contributed by atoms with Crippen LogP contribution in [0, 0.1) is 11.2 Å². The molecule has 7 nitrogen and oxygen atoms in total. The normalized spacial score (nSPS) is 12.1. The maximum Gasteiger partial charge on any atom is 0.435 e. The molecule has 11 heteroatoms. The first kappa shape index (κ1) is 20.3. The summed E-state index contributed by atoms with van der Waals surface area (Å²) in [5, 5.41) is 17.7. The van der Waals surface area contributed by atoms with Gasteiger partial charge >= 0.3 is 12.1 Å². The topological polar surface area (TPSA) is 97.1 Å². The van der Waals surface area contributed by atoms with E-state index >= 15 is 0 Å². The van der Waals surface area contributed by atoms with E-state index in [-0.39, 0.29) is 17.6 Å². The van der Waals surface area contributed by atoms with Gasteiger partial charge in [0, 0.05) is 6.54 Å². The molecule has 146 valence electrons. The van der Waals surface area contributed by atoms with Crippen molar-refractivity contribution in [2.45, 2.75) is 26.4 Å². The molecule has 0 bridgehead atoms. The number of carbonyl (C=O) groups excluding carboxylic acids is 1. The minimum Gasteiger partial charge on any atom is -0.481 e. The summed E-state index contributed by atoms with van der Waals surface area (Å²) < 4.78 is 54.4. The van der Waals surface area contributed by atoms with Crippen molar-refractivity contribution in [2.75, 3.05) is 6.54 Å². The van der Waals surface area contributed by atoms with Crippen LogP contribution >= 0.6 is 0 Å². The molecular weight excluding hydrogens is 372 g/mol. The number of para-hydroxylation sites is 1. The Bertz CT molecular complexity index is 862. The Morgan fingerprint density at radius 3 is 2.41 bits per heavy atom. The van der Waals surface area contributed by atoms with Crippen LogP contribution in [0.3, 0.4) is 0 Å². The van der Waals surface area contributed by atoms with E-state index < -0.39 is 46.4 Å². The Morgan fingerprint density at radius 2 is 1.85 bits per heavy atom. The minimum absolute atomic E-state index is 0.0170. The number of nitrogens with zero attached hydrogens (tertiary/aromatic N) is 3. The second-order valence-corrected chi connectivity index (χ2v) is 6.34. The third-order valence-corrected chi connectivity index (χ3v) is 3.85. The monoisotopic (exact) mass is 388 g/mol. The molecule has 2 aromatic rings. The number of hydrogen-bond acceptors (Lipinski definition) is 4.